The highest BCUT2D eigenvalue weighted by Crippen LogP contribution is 2.25. The molecule has 1 atom stereocenters. The number of amides is 1. The van der Waals surface area contributed by atoms with Crippen LogP contribution in [0.5, 0.6) is 5.75 Å². The molecule has 0 aromatic heterocycles. The molecule has 0 aliphatic heterocycles. The summed E-state index contributed by atoms with van der Waals surface area (Å²) in [7, 11) is 0. The van der Waals surface area contributed by atoms with Gasteiger partial charge in [-0.15, -0.1) is 0 Å². The molecule has 3 heteroatoms. The van der Waals surface area contributed by atoms with Crippen molar-refractivity contribution >= 4 is 11.6 Å². The molecular formula is C20H25NO2. The van der Waals surface area contributed by atoms with Crippen LogP contribution in [0.4, 0.5) is 5.69 Å². The third-order valence-electron chi connectivity index (χ3n) is 4.08. The van der Waals surface area contributed by atoms with Crippen molar-refractivity contribution in [2.75, 3.05) is 5.32 Å². The Bertz CT molecular complexity index is 735. The summed E-state index contributed by atoms with van der Waals surface area (Å²) in [5.74, 6) is 0.626. The summed E-state index contributed by atoms with van der Waals surface area (Å²) in [6.07, 6.45) is -0.560. The molecule has 2 aromatic carbocycles. The Hall–Kier alpha value is -2.29. The van der Waals surface area contributed by atoms with Gasteiger partial charge in [0.25, 0.3) is 5.91 Å². The Labute approximate surface area is 138 Å². The van der Waals surface area contributed by atoms with Crippen molar-refractivity contribution in [2.45, 2.75) is 47.6 Å². The van der Waals surface area contributed by atoms with Crippen molar-refractivity contribution in [1.29, 1.82) is 0 Å². The molecule has 1 amide bonds. The zero-order valence-electron chi connectivity index (χ0n) is 14.8. The molecule has 23 heavy (non-hydrogen) atoms. The maximum atomic E-state index is 12.4. The number of anilines is 1. The Balaban J connectivity index is 2.11. The minimum Gasteiger partial charge on any atom is -0.481 e. The van der Waals surface area contributed by atoms with Crippen LogP contribution in [0.15, 0.2) is 30.3 Å². The number of hydrogen-bond donors (Lipinski definition) is 1. The number of carbonyl (C=O) groups is 1. The highest BCUT2D eigenvalue weighted by atomic mass is 16.5. The lowest BCUT2D eigenvalue weighted by Gasteiger charge is -2.18. The smallest absolute Gasteiger partial charge is 0.265 e. The van der Waals surface area contributed by atoms with E-state index in [1.807, 2.05) is 45.9 Å². The van der Waals surface area contributed by atoms with E-state index in [-0.39, 0.29) is 5.91 Å². The monoisotopic (exact) mass is 311 g/mol. The second-order valence-electron chi connectivity index (χ2n) is 6.27. The predicted molar refractivity (Wildman–Crippen MR) is 95.3 cm³/mol. The van der Waals surface area contributed by atoms with Crippen molar-refractivity contribution < 1.29 is 9.53 Å². The molecule has 0 aliphatic rings. The van der Waals surface area contributed by atoms with Crippen LogP contribution < -0.4 is 10.1 Å². The summed E-state index contributed by atoms with van der Waals surface area (Å²) >= 11 is 0. The standard InChI is InChI=1S/C20H25NO2/c1-12-7-8-18(15(4)9-12)21-20(22)17(6)23-19-11-13(2)10-14(3)16(19)5/h7-11,17H,1-6H3,(H,21,22)/t17-/m1/s1. The average Bonchev–Trinajstić information content (AvgIpc) is 2.47. The van der Waals surface area contributed by atoms with Gasteiger partial charge in [0.15, 0.2) is 6.10 Å². The number of benzene rings is 2. The molecule has 2 aromatic rings. The molecule has 3 nitrogen and oxygen atoms in total. The molecule has 0 bridgehead atoms. The van der Waals surface area contributed by atoms with E-state index in [1.165, 1.54) is 11.1 Å². The van der Waals surface area contributed by atoms with E-state index in [0.29, 0.717) is 0 Å². The third kappa shape index (κ3) is 4.13. The SMILES string of the molecule is Cc1ccc(NC(=O)[C@@H](C)Oc2cc(C)cc(C)c2C)c(C)c1. The van der Waals surface area contributed by atoms with Gasteiger partial charge in [-0.25, -0.2) is 0 Å². The van der Waals surface area contributed by atoms with Crippen LogP contribution in [0.3, 0.4) is 0 Å². The summed E-state index contributed by atoms with van der Waals surface area (Å²) in [5.41, 5.74) is 6.42. The van der Waals surface area contributed by atoms with Gasteiger partial charge in [-0.1, -0.05) is 23.8 Å². The summed E-state index contributed by atoms with van der Waals surface area (Å²) < 4.78 is 5.89. The largest absolute Gasteiger partial charge is 0.481 e. The summed E-state index contributed by atoms with van der Waals surface area (Å²) in [4.78, 5) is 12.4. The molecule has 0 unspecified atom stereocenters. The first-order valence-electron chi connectivity index (χ1n) is 7.90. The number of carbonyl (C=O) groups excluding carboxylic acids is 1. The Morgan fingerprint density at radius 2 is 1.61 bits per heavy atom. The minimum absolute atomic E-state index is 0.143. The molecule has 0 radical (unpaired) electrons. The quantitative estimate of drug-likeness (QED) is 0.893. The summed E-state index contributed by atoms with van der Waals surface area (Å²) in [5, 5.41) is 2.94. The van der Waals surface area contributed by atoms with Gasteiger partial charge in [0, 0.05) is 5.69 Å². The lowest BCUT2D eigenvalue weighted by atomic mass is 10.1. The van der Waals surface area contributed by atoms with Crippen molar-refractivity contribution in [3.63, 3.8) is 0 Å². The van der Waals surface area contributed by atoms with E-state index < -0.39 is 6.10 Å². The van der Waals surface area contributed by atoms with Crippen molar-refractivity contribution in [1.82, 2.24) is 0 Å². The van der Waals surface area contributed by atoms with E-state index in [1.54, 1.807) is 6.92 Å². The maximum Gasteiger partial charge on any atom is 0.265 e. The first-order chi connectivity index (χ1) is 10.8. The van der Waals surface area contributed by atoms with Crippen molar-refractivity contribution in [3.8, 4) is 5.75 Å². The van der Waals surface area contributed by atoms with Crippen LogP contribution in [-0.4, -0.2) is 12.0 Å². The van der Waals surface area contributed by atoms with Gasteiger partial charge >= 0.3 is 0 Å². The maximum absolute atomic E-state index is 12.4. The second kappa shape index (κ2) is 6.86. The van der Waals surface area contributed by atoms with E-state index in [4.69, 9.17) is 4.74 Å². The minimum atomic E-state index is -0.560. The van der Waals surface area contributed by atoms with E-state index in [0.717, 1.165) is 28.1 Å². The van der Waals surface area contributed by atoms with Gasteiger partial charge in [-0.3, -0.25) is 4.79 Å². The highest BCUT2D eigenvalue weighted by molar-refractivity contribution is 5.94. The molecular weight excluding hydrogens is 286 g/mol. The van der Waals surface area contributed by atoms with E-state index in [9.17, 15) is 4.79 Å². The number of aryl methyl sites for hydroxylation is 4. The second-order valence-corrected chi connectivity index (χ2v) is 6.27. The van der Waals surface area contributed by atoms with Crippen molar-refractivity contribution in [3.05, 3.63) is 58.1 Å². The van der Waals surface area contributed by atoms with Crippen LogP contribution in [0.1, 0.15) is 34.7 Å². The van der Waals surface area contributed by atoms with E-state index in [2.05, 4.69) is 24.4 Å². The average molecular weight is 311 g/mol. The fourth-order valence-corrected chi connectivity index (χ4v) is 2.56. The van der Waals surface area contributed by atoms with E-state index >= 15 is 0 Å². The lowest BCUT2D eigenvalue weighted by molar-refractivity contribution is -0.122. The third-order valence-corrected chi connectivity index (χ3v) is 4.08. The lowest BCUT2D eigenvalue weighted by Crippen LogP contribution is -2.30. The van der Waals surface area contributed by atoms with Gasteiger partial charge in [-0.05, 0) is 75.9 Å². The topological polar surface area (TPSA) is 38.3 Å². The Morgan fingerprint density at radius 1 is 0.957 bits per heavy atom. The van der Waals surface area contributed by atoms with Gasteiger partial charge in [-0.2, -0.15) is 0 Å². The normalized spacial score (nSPS) is 11.9. The number of hydrogen-bond acceptors (Lipinski definition) is 2. The fraction of sp³-hybridized carbons (Fsp3) is 0.350. The van der Waals surface area contributed by atoms with Gasteiger partial charge < -0.3 is 10.1 Å². The first kappa shape index (κ1) is 17.1. The van der Waals surface area contributed by atoms with Crippen LogP contribution >= 0.6 is 0 Å². The Morgan fingerprint density at radius 3 is 2.26 bits per heavy atom. The van der Waals surface area contributed by atoms with Crippen LogP contribution in [-0.2, 0) is 4.79 Å². The molecule has 0 heterocycles. The molecule has 0 aliphatic carbocycles. The van der Waals surface area contributed by atoms with Gasteiger partial charge in [0.1, 0.15) is 5.75 Å². The summed E-state index contributed by atoms with van der Waals surface area (Å²) in [6.45, 7) is 11.9. The zero-order valence-corrected chi connectivity index (χ0v) is 14.8. The fourth-order valence-electron chi connectivity index (χ4n) is 2.56. The number of rotatable bonds is 4. The molecule has 0 spiro atoms. The highest BCUT2D eigenvalue weighted by Gasteiger charge is 2.17. The predicted octanol–water partition coefficient (Wildman–Crippen LogP) is 4.63. The van der Waals surface area contributed by atoms with Crippen LogP contribution in [0.25, 0.3) is 0 Å². The zero-order chi connectivity index (χ0) is 17.1. The first-order valence-corrected chi connectivity index (χ1v) is 7.90. The van der Waals surface area contributed by atoms with Gasteiger partial charge in [0.05, 0.1) is 0 Å². The number of ether oxygens (including phenoxy) is 1. The summed E-state index contributed by atoms with van der Waals surface area (Å²) in [6, 6.07) is 10.1. The number of nitrogens with one attached hydrogen (secondary N) is 1. The molecule has 1 N–H and O–H groups in total. The molecule has 122 valence electrons. The molecule has 0 saturated heterocycles. The molecule has 2 rings (SSSR count). The van der Waals surface area contributed by atoms with Crippen LogP contribution in [0.2, 0.25) is 0 Å². The van der Waals surface area contributed by atoms with Crippen LogP contribution in [0, 0.1) is 34.6 Å². The molecule has 0 saturated carbocycles. The Kier molecular flexibility index (Phi) is 5.09. The molecule has 0 fully saturated rings. The van der Waals surface area contributed by atoms with Crippen molar-refractivity contribution in [2.24, 2.45) is 0 Å². The van der Waals surface area contributed by atoms with Gasteiger partial charge in [0.2, 0.25) is 0 Å².